The number of sulfonamides is 1. The molecular formula is C22H33N3O4S. The van der Waals surface area contributed by atoms with E-state index in [0.717, 1.165) is 12.8 Å². The van der Waals surface area contributed by atoms with Crippen molar-refractivity contribution in [3.05, 3.63) is 23.8 Å². The van der Waals surface area contributed by atoms with E-state index in [-0.39, 0.29) is 40.8 Å². The predicted molar refractivity (Wildman–Crippen MR) is 116 cm³/mol. The van der Waals surface area contributed by atoms with Crippen molar-refractivity contribution in [2.45, 2.75) is 63.5 Å². The highest BCUT2D eigenvalue weighted by molar-refractivity contribution is 7.89. The van der Waals surface area contributed by atoms with Crippen molar-refractivity contribution >= 4 is 21.6 Å². The maximum absolute atomic E-state index is 13.2. The Kier molecular flexibility index (Phi) is 5.19. The van der Waals surface area contributed by atoms with Crippen molar-refractivity contribution < 1.29 is 18.3 Å². The van der Waals surface area contributed by atoms with Gasteiger partial charge in [0.05, 0.1) is 11.8 Å². The molecule has 4 atom stereocenters. The Labute approximate surface area is 179 Å². The highest BCUT2D eigenvalue weighted by atomic mass is 32.2. The zero-order valence-corrected chi connectivity index (χ0v) is 19.1. The molecule has 0 radical (unpaired) electrons. The number of rotatable bonds is 5. The summed E-state index contributed by atoms with van der Waals surface area (Å²) in [5.74, 6) is 0.374. The molecule has 7 nitrogen and oxygen atoms in total. The molecule has 1 amide bonds. The molecule has 1 aromatic rings. The van der Waals surface area contributed by atoms with Gasteiger partial charge in [-0.25, -0.2) is 8.42 Å². The van der Waals surface area contributed by atoms with Crippen LogP contribution in [0.25, 0.3) is 0 Å². The standard InChI is InChI=1S/C22H33N3O4S/c1-21(2)15-7-9-22(3,12-15)20(21)24-19(27)14-5-6-17(23-4)18(11-14)30(28,29)25-10-8-16(26)13-25/h5-6,11,15-16,20,23,26H,7-10,12-13H2,1-4H3,(H,24,27)/t15-,16-,20-,22-/m1/s1. The number of carbonyl (C=O) groups excluding carboxylic acids is 1. The van der Waals surface area contributed by atoms with E-state index < -0.39 is 16.1 Å². The van der Waals surface area contributed by atoms with Crippen LogP contribution in [-0.2, 0) is 10.0 Å². The molecule has 1 saturated heterocycles. The Bertz CT molecular complexity index is 956. The second-order valence-electron chi connectivity index (χ2n) is 10.1. The average molecular weight is 436 g/mol. The van der Waals surface area contributed by atoms with Crippen molar-refractivity contribution in [1.82, 2.24) is 9.62 Å². The number of hydrogen-bond donors (Lipinski definition) is 3. The third-order valence-electron chi connectivity index (χ3n) is 7.80. The summed E-state index contributed by atoms with van der Waals surface area (Å²) in [5, 5.41) is 15.9. The minimum atomic E-state index is -3.81. The zero-order valence-electron chi connectivity index (χ0n) is 18.2. The Morgan fingerprint density at radius 3 is 2.53 bits per heavy atom. The van der Waals surface area contributed by atoms with Crippen LogP contribution in [0.1, 0.15) is 56.8 Å². The van der Waals surface area contributed by atoms with Gasteiger partial charge in [0, 0.05) is 31.7 Å². The molecule has 0 aromatic heterocycles. The molecule has 1 aromatic carbocycles. The van der Waals surface area contributed by atoms with E-state index in [1.807, 2.05) is 0 Å². The van der Waals surface area contributed by atoms with Crippen LogP contribution in [0.2, 0.25) is 0 Å². The number of aliphatic hydroxyl groups is 1. The van der Waals surface area contributed by atoms with Gasteiger partial charge in [-0.2, -0.15) is 4.31 Å². The SMILES string of the molecule is CNc1ccc(C(=O)N[C@@H]2C(C)(C)[C@@H]3CC[C@]2(C)C3)cc1S(=O)(=O)N1CC[C@@H](O)C1. The minimum absolute atomic E-state index is 0.0220. The second-order valence-corrected chi connectivity index (χ2v) is 12.0. The third kappa shape index (κ3) is 3.33. The Hall–Kier alpha value is -1.64. The van der Waals surface area contributed by atoms with Gasteiger partial charge in [0.15, 0.2) is 0 Å². The van der Waals surface area contributed by atoms with Gasteiger partial charge in [-0.15, -0.1) is 0 Å². The van der Waals surface area contributed by atoms with Gasteiger partial charge in [-0.1, -0.05) is 20.8 Å². The molecule has 1 heterocycles. The molecule has 0 unspecified atom stereocenters. The van der Waals surface area contributed by atoms with E-state index in [1.165, 1.54) is 16.8 Å². The molecular weight excluding hydrogens is 402 g/mol. The fraction of sp³-hybridized carbons (Fsp3) is 0.682. The van der Waals surface area contributed by atoms with Gasteiger partial charge in [0.2, 0.25) is 10.0 Å². The number of carbonyl (C=O) groups is 1. The fourth-order valence-corrected chi connectivity index (χ4v) is 7.74. The normalized spacial score (nSPS) is 33.0. The summed E-state index contributed by atoms with van der Waals surface area (Å²) in [6.07, 6.45) is 3.22. The summed E-state index contributed by atoms with van der Waals surface area (Å²) in [6, 6.07) is 4.83. The first-order chi connectivity index (χ1) is 14.0. The molecule has 4 rings (SSSR count). The van der Waals surface area contributed by atoms with Crippen LogP contribution in [0.3, 0.4) is 0 Å². The molecule has 8 heteroatoms. The number of amides is 1. The van der Waals surface area contributed by atoms with E-state index >= 15 is 0 Å². The van der Waals surface area contributed by atoms with Gasteiger partial charge >= 0.3 is 0 Å². The maximum Gasteiger partial charge on any atom is 0.251 e. The molecule has 3 aliphatic rings. The van der Waals surface area contributed by atoms with Gasteiger partial charge in [0.25, 0.3) is 5.91 Å². The number of nitrogens with one attached hydrogen (secondary N) is 2. The van der Waals surface area contributed by atoms with Gasteiger partial charge in [-0.3, -0.25) is 4.79 Å². The third-order valence-corrected chi connectivity index (χ3v) is 9.71. The number of anilines is 1. The van der Waals surface area contributed by atoms with Crippen LogP contribution >= 0.6 is 0 Å². The molecule has 30 heavy (non-hydrogen) atoms. The number of aliphatic hydroxyl groups excluding tert-OH is 1. The van der Waals surface area contributed by atoms with Gasteiger partial charge in [-0.05, 0) is 60.6 Å². The summed E-state index contributed by atoms with van der Waals surface area (Å²) in [5.41, 5.74) is 0.901. The van der Waals surface area contributed by atoms with Crippen LogP contribution in [-0.4, -0.2) is 56.0 Å². The van der Waals surface area contributed by atoms with Gasteiger partial charge < -0.3 is 15.7 Å². The predicted octanol–water partition coefficient (Wildman–Crippen LogP) is 2.43. The Morgan fingerprint density at radius 1 is 1.23 bits per heavy atom. The number of nitrogens with zero attached hydrogens (tertiary/aromatic N) is 1. The fourth-order valence-electron chi connectivity index (χ4n) is 6.03. The topological polar surface area (TPSA) is 98.7 Å². The van der Waals surface area contributed by atoms with Gasteiger partial charge in [0.1, 0.15) is 4.90 Å². The highest BCUT2D eigenvalue weighted by Gasteiger charge is 2.59. The Balaban J connectivity index is 1.63. The summed E-state index contributed by atoms with van der Waals surface area (Å²) in [6.45, 7) is 7.07. The smallest absolute Gasteiger partial charge is 0.251 e. The van der Waals surface area contributed by atoms with Crippen LogP contribution in [0.15, 0.2) is 23.1 Å². The first-order valence-electron chi connectivity index (χ1n) is 10.8. The lowest BCUT2D eigenvalue weighted by Gasteiger charge is -2.43. The lowest BCUT2D eigenvalue weighted by atomic mass is 9.68. The van der Waals surface area contributed by atoms with Crippen LogP contribution < -0.4 is 10.6 Å². The molecule has 2 aliphatic carbocycles. The average Bonchev–Trinajstić information content (AvgIpc) is 3.36. The molecule has 1 aliphatic heterocycles. The summed E-state index contributed by atoms with van der Waals surface area (Å²) >= 11 is 0. The second kappa shape index (κ2) is 7.21. The van der Waals surface area contributed by atoms with Crippen LogP contribution in [0.4, 0.5) is 5.69 Å². The first kappa shape index (κ1) is 21.6. The number of fused-ring (bicyclic) bond motifs is 2. The van der Waals surface area contributed by atoms with Crippen molar-refractivity contribution in [1.29, 1.82) is 0 Å². The van der Waals surface area contributed by atoms with Crippen molar-refractivity contribution in [3.8, 4) is 0 Å². The van der Waals surface area contributed by atoms with E-state index in [9.17, 15) is 18.3 Å². The largest absolute Gasteiger partial charge is 0.392 e. The Morgan fingerprint density at radius 2 is 1.97 bits per heavy atom. The zero-order chi connectivity index (χ0) is 21.9. The summed E-state index contributed by atoms with van der Waals surface area (Å²) in [4.78, 5) is 13.3. The van der Waals surface area contributed by atoms with Crippen molar-refractivity contribution in [3.63, 3.8) is 0 Å². The van der Waals surface area contributed by atoms with Crippen molar-refractivity contribution in [2.75, 3.05) is 25.5 Å². The van der Waals surface area contributed by atoms with E-state index in [4.69, 9.17) is 0 Å². The quantitative estimate of drug-likeness (QED) is 0.660. The van der Waals surface area contributed by atoms with E-state index in [0.29, 0.717) is 23.6 Å². The molecule has 0 spiro atoms. The molecule has 2 bridgehead atoms. The lowest BCUT2D eigenvalue weighted by Crippen LogP contribution is -2.52. The van der Waals surface area contributed by atoms with E-state index in [1.54, 1.807) is 19.2 Å². The minimum Gasteiger partial charge on any atom is -0.392 e. The summed E-state index contributed by atoms with van der Waals surface area (Å²) < 4.78 is 27.6. The van der Waals surface area contributed by atoms with E-state index in [2.05, 4.69) is 31.4 Å². The lowest BCUT2D eigenvalue weighted by molar-refractivity contribution is 0.0737. The number of benzene rings is 1. The number of hydrogen-bond acceptors (Lipinski definition) is 5. The first-order valence-corrected chi connectivity index (χ1v) is 12.2. The molecule has 3 N–H and O–H groups in total. The van der Waals surface area contributed by atoms with Crippen LogP contribution in [0, 0.1) is 16.7 Å². The van der Waals surface area contributed by atoms with Crippen molar-refractivity contribution in [2.24, 2.45) is 16.7 Å². The molecule has 3 fully saturated rings. The number of β-amino-alcohol motifs (C(OH)–C–C–N with tert-alkyl or cyclic N) is 1. The summed E-state index contributed by atoms with van der Waals surface area (Å²) in [7, 11) is -2.15. The molecule has 166 valence electrons. The molecule has 2 saturated carbocycles. The maximum atomic E-state index is 13.2. The monoisotopic (exact) mass is 435 g/mol. The van der Waals surface area contributed by atoms with Crippen LogP contribution in [0.5, 0.6) is 0 Å². The highest BCUT2D eigenvalue weighted by Crippen LogP contribution is 2.62.